The zero-order chi connectivity index (χ0) is 15.4. The summed E-state index contributed by atoms with van der Waals surface area (Å²) in [5, 5.41) is 7.02. The molecule has 0 aliphatic carbocycles. The molecule has 0 spiro atoms. The average molecular weight is 314 g/mol. The van der Waals surface area contributed by atoms with Gasteiger partial charge in [0, 0.05) is 19.4 Å². The van der Waals surface area contributed by atoms with Crippen LogP contribution in [0.15, 0.2) is 41.1 Å². The van der Waals surface area contributed by atoms with Crippen molar-refractivity contribution in [1.82, 2.24) is 0 Å². The van der Waals surface area contributed by atoms with Crippen molar-refractivity contribution < 1.29 is 9.59 Å². The van der Waals surface area contributed by atoms with Gasteiger partial charge in [-0.3, -0.25) is 9.59 Å². The second-order valence-corrected chi connectivity index (χ2v) is 6.13. The van der Waals surface area contributed by atoms with Crippen LogP contribution in [0.25, 0.3) is 0 Å². The molecule has 0 saturated carbocycles. The van der Waals surface area contributed by atoms with Gasteiger partial charge >= 0.3 is 0 Å². The molecule has 0 bridgehead atoms. The Morgan fingerprint density at radius 3 is 2.86 bits per heavy atom. The van der Waals surface area contributed by atoms with Crippen LogP contribution in [0.2, 0.25) is 0 Å². The highest BCUT2D eigenvalue weighted by atomic mass is 32.1. The predicted molar refractivity (Wildman–Crippen MR) is 89.3 cm³/mol. The molecular formula is C17H18N2O2S. The van der Waals surface area contributed by atoms with Crippen LogP contribution in [0.3, 0.4) is 0 Å². The summed E-state index contributed by atoms with van der Waals surface area (Å²) >= 11 is 1.64. The number of anilines is 2. The molecule has 5 heteroatoms. The molecule has 1 aliphatic rings. The molecule has 0 unspecified atom stereocenters. The number of carbonyl (C=O) groups excluding carboxylic acids is 2. The number of carbonyl (C=O) groups is 2. The van der Waals surface area contributed by atoms with Gasteiger partial charge in [0.25, 0.3) is 0 Å². The summed E-state index contributed by atoms with van der Waals surface area (Å²) in [6, 6.07) is 9.54. The SMILES string of the molecule is O=C(CCc1ccsc1)Nc1ccccc1N1CCCC1=O. The Bertz CT molecular complexity index is 667. The number of hydrogen-bond acceptors (Lipinski definition) is 3. The van der Waals surface area contributed by atoms with E-state index < -0.39 is 0 Å². The minimum atomic E-state index is -0.0229. The molecule has 1 fully saturated rings. The molecule has 1 aromatic heterocycles. The van der Waals surface area contributed by atoms with E-state index in [2.05, 4.69) is 10.7 Å². The third-order valence-corrected chi connectivity index (χ3v) is 4.50. The fourth-order valence-electron chi connectivity index (χ4n) is 2.62. The number of rotatable bonds is 5. The summed E-state index contributed by atoms with van der Waals surface area (Å²) in [7, 11) is 0. The average Bonchev–Trinajstić information content (AvgIpc) is 3.17. The van der Waals surface area contributed by atoms with Crippen molar-refractivity contribution in [1.29, 1.82) is 0 Å². The van der Waals surface area contributed by atoms with E-state index in [-0.39, 0.29) is 11.8 Å². The van der Waals surface area contributed by atoms with Gasteiger partial charge in [-0.15, -0.1) is 0 Å². The van der Waals surface area contributed by atoms with Crippen LogP contribution >= 0.6 is 11.3 Å². The lowest BCUT2D eigenvalue weighted by Gasteiger charge is -2.19. The second kappa shape index (κ2) is 6.75. The minimum absolute atomic E-state index is 0.0229. The third-order valence-electron chi connectivity index (χ3n) is 3.76. The number of benzene rings is 1. The van der Waals surface area contributed by atoms with E-state index in [4.69, 9.17) is 0 Å². The first-order valence-corrected chi connectivity index (χ1v) is 8.38. The first-order valence-electron chi connectivity index (χ1n) is 7.44. The first-order chi connectivity index (χ1) is 10.7. The number of aryl methyl sites for hydroxylation is 1. The molecule has 3 rings (SSSR count). The number of nitrogens with zero attached hydrogens (tertiary/aromatic N) is 1. The van der Waals surface area contributed by atoms with Crippen molar-refractivity contribution in [2.75, 3.05) is 16.8 Å². The molecule has 2 amide bonds. The van der Waals surface area contributed by atoms with Crippen LogP contribution in [0, 0.1) is 0 Å². The molecule has 1 saturated heterocycles. The summed E-state index contributed by atoms with van der Waals surface area (Å²) in [5.74, 6) is 0.102. The van der Waals surface area contributed by atoms with Gasteiger partial charge in [-0.05, 0) is 47.4 Å². The first kappa shape index (κ1) is 14.8. The molecule has 0 atom stereocenters. The quantitative estimate of drug-likeness (QED) is 0.919. The van der Waals surface area contributed by atoms with Crippen molar-refractivity contribution >= 4 is 34.5 Å². The van der Waals surface area contributed by atoms with E-state index >= 15 is 0 Å². The van der Waals surface area contributed by atoms with Crippen molar-refractivity contribution in [3.05, 3.63) is 46.7 Å². The lowest BCUT2D eigenvalue weighted by atomic mass is 10.2. The van der Waals surface area contributed by atoms with Crippen molar-refractivity contribution in [2.24, 2.45) is 0 Å². The fraction of sp³-hybridized carbons (Fsp3) is 0.294. The van der Waals surface area contributed by atoms with Crippen LogP contribution < -0.4 is 10.2 Å². The molecule has 2 heterocycles. The van der Waals surface area contributed by atoms with Crippen molar-refractivity contribution in [3.63, 3.8) is 0 Å². The Kier molecular flexibility index (Phi) is 4.53. The predicted octanol–water partition coefficient (Wildman–Crippen LogP) is 3.45. The molecule has 1 N–H and O–H groups in total. The molecular weight excluding hydrogens is 296 g/mol. The topological polar surface area (TPSA) is 49.4 Å². The highest BCUT2D eigenvalue weighted by Gasteiger charge is 2.24. The summed E-state index contributed by atoms with van der Waals surface area (Å²) in [6.45, 7) is 0.723. The third kappa shape index (κ3) is 3.36. The van der Waals surface area contributed by atoms with Crippen LogP contribution in [0.1, 0.15) is 24.8 Å². The van der Waals surface area contributed by atoms with Crippen LogP contribution in [0.4, 0.5) is 11.4 Å². The number of amides is 2. The summed E-state index contributed by atoms with van der Waals surface area (Å²) in [4.78, 5) is 25.8. The maximum atomic E-state index is 12.1. The smallest absolute Gasteiger partial charge is 0.227 e. The Morgan fingerprint density at radius 1 is 1.27 bits per heavy atom. The van der Waals surface area contributed by atoms with Crippen molar-refractivity contribution in [2.45, 2.75) is 25.7 Å². The zero-order valence-electron chi connectivity index (χ0n) is 12.2. The molecule has 2 aromatic rings. The van der Waals surface area contributed by atoms with E-state index in [1.54, 1.807) is 16.2 Å². The maximum absolute atomic E-state index is 12.1. The lowest BCUT2D eigenvalue weighted by Crippen LogP contribution is -2.25. The fourth-order valence-corrected chi connectivity index (χ4v) is 3.33. The van der Waals surface area contributed by atoms with E-state index in [0.29, 0.717) is 18.5 Å². The molecule has 0 radical (unpaired) electrons. The van der Waals surface area contributed by atoms with Gasteiger partial charge < -0.3 is 10.2 Å². The van der Waals surface area contributed by atoms with E-state index in [9.17, 15) is 9.59 Å². The Labute approximate surface area is 133 Å². The minimum Gasteiger partial charge on any atom is -0.324 e. The van der Waals surface area contributed by atoms with Gasteiger partial charge in [-0.25, -0.2) is 0 Å². The van der Waals surface area contributed by atoms with E-state index in [1.807, 2.05) is 35.7 Å². The zero-order valence-corrected chi connectivity index (χ0v) is 13.1. The van der Waals surface area contributed by atoms with Gasteiger partial charge in [0.15, 0.2) is 0 Å². The summed E-state index contributed by atoms with van der Waals surface area (Å²) in [6.07, 6.45) is 2.64. The Balaban J connectivity index is 1.67. The highest BCUT2D eigenvalue weighted by Crippen LogP contribution is 2.29. The number of nitrogens with one attached hydrogen (secondary N) is 1. The van der Waals surface area contributed by atoms with Gasteiger partial charge in [0.05, 0.1) is 11.4 Å². The Morgan fingerprint density at radius 2 is 2.14 bits per heavy atom. The van der Waals surface area contributed by atoms with Gasteiger partial charge in [-0.2, -0.15) is 11.3 Å². The molecule has 4 nitrogen and oxygen atoms in total. The van der Waals surface area contributed by atoms with Gasteiger partial charge in [-0.1, -0.05) is 12.1 Å². The monoisotopic (exact) mass is 314 g/mol. The van der Waals surface area contributed by atoms with Crippen molar-refractivity contribution in [3.8, 4) is 0 Å². The molecule has 22 heavy (non-hydrogen) atoms. The maximum Gasteiger partial charge on any atom is 0.227 e. The standard InChI is InChI=1S/C17H18N2O2S/c20-16(8-7-13-9-11-22-12-13)18-14-4-1-2-5-15(14)19-10-3-6-17(19)21/h1-2,4-5,9,11-12H,3,6-8,10H2,(H,18,20). The number of para-hydroxylation sites is 2. The van der Waals surface area contributed by atoms with Crippen LogP contribution in [-0.4, -0.2) is 18.4 Å². The molecule has 114 valence electrons. The number of hydrogen-bond donors (Lipinski definition) is 1. The van der Waals surface area contributed by atoms with Gasteiger partial charge in [0.2, 0.25) is 11.8 Å². The second-order valence-electron chi connectivity index (χ2n) is 5.35. The van der Waals surface area contributed by atoms with E-state index in [1.165, 1.54) is 5.56 Å². The van der Waals surface area contributed by atoms with E-state index in [0.717, 1.165) is 25.1 Å². The largest absolute Gasteiger partial charge is 0.324 e. The molecule has 1 aromatic carbocycles. The lowest BCUT2D eigenvalue weighted by molar-refractivity contribution is -0.117. The molecule has 1 aliphatic heterocycles. The number of thiophene rings is 1. The highest BCUT2D eigenvalue weighted by molar-refractivity contribution is 7.07. The van der Waals surface area contributed by atoms with Crippen LogP contribution in [-0.2, 0) is 16.0 Å². The van der Waals surface area contributed by atoms with Gasteiger partial charge in [0.1, 0.15) is 0 Å². The van der Waals surface area contributed by atoms with Crippen LogP contribution in [0.5, 0.6) is 0 Å². The normalized spacial score (nSPS) is 14.4. The summed E-state index contributed by atoms with van der Waals surface area (Å²) in [5.41, 5.74) is 2.70. The summed E-state index contributed by atoms with van der Waals surface area (Å²) < 4.78 is 0. The Hall–Kier alpha value is -2.14.